The highest BCUT2D eigenvalue weighted by Crippen LogP contribution is 2.23. The Morgan fingerprint density at radius 1 is 1.11 bits per heavy atom. The Morgan fingerprint density at radius 3 is 2.42 bits per heavy atom. The highest BCUT2D eigenvalue weighted by molar-refractivity contribution is 6.33. The van der Waals surface area contributed by atoms with Crippen molar-refractivity contribution in [2.45, 2.75) is 0 Å². The summed E-state index contributed by atoms with van der Waals surface area (Å²) in [6.45, 7) is 0. The van der Waals surface area contributed by atoms with Gasteiger partial charge < -0.3 is 5.32 Å². The van der Waals surface area contributed by atoms with Crippen LogP contribution in [0.25, 0.3) is 0 Å². The van der Waals surface area contributed by atoms with Crippen LogP contribution in [0.15, 0.2) is 48.5 Å². The van der Waals surface area contributed by atoms with Crippen molar-refractivity contribution in [3.8, 4) is 0 Å². The molecule has 0 aromatic heterocycles. The molecule has 19 heavy (non-hydrogen) atoms. The van der Waals surface area contributed by atoms with Crippen molar-refractivity contribution in [3.05, 3.63) is 69.2 Å². The number of nitro groups is 1. The molecule has 2 aromatic carbocycles. The molecule has 0 bridgehead atoms. The van der Waals surface area contributed by atoms with Crippen LogP contribution in [0.1, 0.15) is 10.4 Å². The fourth-order valence-corrected chi connectivity index (χ4v) is 1.76. The number of carbonyl (C=O) groups excluding carboxylic acids is 1. The molecule has 1 N–H and O–H groups in total. The number of hydrogen-bond donors (Lipinski definition) is 1. The Morgan fingerprint density at radius 2 is 1.74 bits per heavy atom. The number of nitrogens with zero attached hydrogens (tertiary/aromatic N) is 1. The molecular formula is C13H9ClN2O3. The second-order valence-corrected chi connectivity index (χ2v) is 4.12. The monoisotopic (exact) mass is 276 g/mol. The van der Waals surface area contributed by atoms with Crippen LogP contribution in [0.4, 0.5) is 11.4 Å². The van der Waals surface area contributed by atoms with Crippen LogP contribution >= 0.6 is 11.6 Å². The van der Waals surface area contributed by atoms with Crippen LogP contribution in [-0.2, 0) is 0 Å². The van der Waals surface area contributed by atoms with E-state index in [1.165, 1.54) is 18.2 Å². The minimum Gasteiger partial charge on any atom is -0.320 e. The number of carbonyl (C=O) groups is 1. The van der Waals surface area contributed by atoms with Crippen molar-refractivity contribution in [1.82, 2.24) is 0 Å². The van der Waals surface area contributed by atoms with E-state index >= 15 is 0 Å². The molecule has 0 fully saturated rings. The summed E-state index contributed by atoms with van der Waals surface area (Å²) < 4.78 is 0. The lowest BCUT2D eigenvalue weighted by Gasteiger charge is -2.07. The lowest BCUT2D eigenvalue weighted by molar-refractivity contribution is -0.385. The highest BCUT2D eigenvalue weighted by Gasteiger charge is 2.19. The van der Waals surface area contributed by atoms with Gasteiger partial charge in [-0.15, -0.1) is 0 Å². The molecule has 96 valence electrons. The van der Waals surface area contributed by atoms with Crippen molar-refractivity contribution >= 4 is 28.9 Å². The second-order valence-electron chi connectivity index (χ2n) is 3.71. The summed E-state index contributed by atoms with van der Waals surface area (Å²) in [5.74, 6) is -0.569. The maximum absolute atomic E-state index is 12.0. The van der Waals surface area contributed by atoms with Crippen molar-refractivity contribution < 1.29 is 9.72 Å². The van der Waals surface area contributed by atoms with Crippen molar-refractivity contribution in [1.29, 1.82) is 0 Å². The summed E-state index contributed by atoms with van der Waals surface area (Å²) in [7, 11) is 0. The molecule has 2 rings (SSSR count). The molecule has 0 radical (unpaired) electrons. The van der Waals surface area contributed by atoms with Crippen LogP contribution in [0, 0.1) is 10.1 Å². The fourth-order valence-electron chi connectivity index (χ4n) is 1.58. The standard InChI is InChI=1S/C13H9ClN2O3/c14-10-6-2-3-7-11(10)15-13(17)9-5-1-4-8-12(9)16(18)19/h1-8H,(H,15,17). The van der Waals surface area contributed by atoms with E-state index in [4.69, 9.17) is 11.6 Å². The number of hydrogen-bond acceptors (Lipinski definition) is 3. The molecule has 0 saturated carbocycles. The molecule has 0 aliphatic rings. The van der Waals surface area contributed by atoms with Crippen molar-refractivity contribution in [3.63, 3.8) is 0 Å². The summed E-state index contributed by atoms with van der Waals surface area (Å²) in [6, 6.07) is 12.4. The predicted molar refractivity (Wildman–Crippen MR) is 72.5 cm³/mol. The first kappa shape index (κ1) is 13.0. The molecule has 0 aliphatic carbocycles. The number of para-hydroxylation sites is 2. The molecular weight excluding hydrogens is 268 g/mol. The fraction of sp³-hybridized carbons (Fsp3) is 0. The number of benzene rings is 2. The molecule has 6 heteroatoms. The molecule has 2 aromatic rings. The smallest absolute Gasteiger partial charge is 0.282 e. The SMILES string of the molecule is O=C(Nc1ccccc1Cl)c1ccccc1[N+](=O)[O-]. The summed E-state index contributed by atoms with van der Waals surface area (Å²) in [4.78, 5) is 22.3. The van der Waals surface area contributed by atoms with Crippen LogP contribution < -0.4 is 5.32 Å². The van der Waals surface area contributed by atoms with Gasteiger partial charge in [-0.05, 0) is 18.2 Å². The topological polar surface area (TPSA) is 72.2 Å². The maximum atomic E-state index is 12.0. The lowest BCUT2D eigenvalue weighted by Crippen LogP contribution is -2.14. The molecule has 0 saturated heterocycles. The first-order chi connectivity index (χ1) is 9.09. The molecule has 0 unspecified atom stereocenters. The van der Waals surface area contributed by atoms with Crippen LogP contribution in [0.2, 0.25) is 5.02 Å². The number of halogens is 1. The van der Waals surface area contributed by atoms with E-state index < -0.39 is 10.8 Å². The van der Waals surface area contributed by atoms with Crippen LogP contribution in [0.5, 0.6) is 0 Å². The molecule has 1 amide bonds. The first-order valence-electron chi connectivity index (χ1n) is 5.39. The molecule has 0 aliphatic heterocycles. The Hall–Kier alpha value is -2.40. The van der Waals surface area contributed by atoms with E-state index in [0.717, 1.165) is 0 Å². The summed E-state index contributed by atoms with van der Waals surface area (Å²) >= 11 is 5.91. The zero-order valence-corrected chi connectivity index (χ0v) is 10.4. The van der Waals surface area contributed by atoms with Crippen molar-refractivity contribution in [2.24, 2.45) is 0 Å². The molecule has 0 heterocycles. The van der Waals surface area contributed by atoms with Gasteiger partial charge in [0.15, 0.2) is 0 Å². The van der Waals surface area contributed by atoms with E-state index in [9.17, 15) is 14.9 Å². The number of nitrogens with one attached hydrogen (secondary N) is 1. The normalized spacial score (nSPS) is 9.95. The Labute approximate surface area is 114 Å². The second kappa shape index (κ2) is 5.49. The minimum absolute atomic E-state index is 0.00702. The number of amides is 1. The summed E-state index contributed by atoms with van der Waals surface area (Å²) in [5.41, 5.74) is 0.159. The highest BCUT2D eigenvalue weighted by atomic mass is 35.5. The van der Waals surface area contributed by atoms with Crippen LogP contribution in [-0.4, -0.2) is 10.8 Å². The van der Waals surface area contributed by atoms with Gasteiger partial charge in [0.25, 0.3) is 11.6 Å². The van der Waals surface area contributed by atoms with Gasteiger partial charge in [-0.25, -0.2) is 0 Å². The van der Waals surface area contributed by atoms with E-state index in [2.05, 4.69) is 5.32 Å². The third kappa shape index (κ3) is 2.89. The largest absolute Gasteiger partial charge is 0.320 e. The van der Waals surface area contributed by atoms with E-state index in [-0.39, 0.29) is 11.3 Å². The average molecular weight is 277 g/mol. The zero-order valence-electron chi connectivity index (χ0n) is 9.67. The molecule has 5 nitrogen and oxygen atoms in total. The van der Waals surface area contributed by atoms with Gasteiger partial charge in [-0.3, -0.25) is 14.9 Å². The Kier molecular flexibility index (Phi) is 3.77. The molecule has 0 spiro atoms. The van der Waals surface area contributed by atoms with Gasteiger partial charge in [0, 0.05) is 6.07 Å². The Bertz CT molecular complexity index is 643. The van der Waals surface area contributed by atoms with Crippen LogP contribution in [0.3, 0.4) is 0 Å². The average Bonchev–Trinajstić information content (AvgIpc) is 2.41. The first-order valence-corrected chi connectivity index (χ1v) is 5.76. The van der Waals surface area contributed by atoms with E-state index in [1.807, 2.05) is 0 Å². The van der Waals surface area contributed by atoms with Gasteiger partial charge in [-0.1, -0.05) is 35.9 Å². The van der Waals surface area contributed by atoms with Gasteiger partial charge in [0.05, 0.1) is 15.6 Å². The quantitative estimate of drug-likeness (QED) is 0.689. The van der Waals surface area contributed by atoms with Gasteiger partial charge >= 0.3 is 0 Å². The zero-order chi connectivity index (χ0) is 13.8. The van der Waals surface area contributed by atoms with Gasteiger partial charge in [-0.2, -0.15) is 0 Å². The third-order valence-corrected chi connectivity index (χ3v) is 2.80. The Balaban J connectivity index is 2.31. The third-order valence-electron chi connectivity index (χ3n) is 2.47. The minimum atomic E-state index is -0.596. The van der Waals surface area contributed by atoms with Gasteiger partial charge in [0.1, 0.15) is 5.56 Å². The van der Waals surface area contributed by atoms with E-state index in [0.29, 0.717) is 10.7 Å². The van der Waals surface area contributed by atoms with E-state index in [1.54, 1.807) is 30.3 Å². The van der Waals surface area contributed by atoms with Crippen molar-refractivity contribution in [2.75, 3.05) is 5.32 Å². The lowest BCUT2D eigenvalue weighted by atomic mass is 10.1. The number of nitro benzene ring substituents is 1. The number of anilines is 1. The predicted octanol–water partition coefficient (Wildman–Crippen LogP) is 3.50. The summed E-state index contributed by atoms with van der Waals surface area (Å²) in [6.07, 6.45) is 0. The molecule has 0 atom stereocenters. The maximum Gasteiger partial charge on any atom is 0.282 e. The number of rotatable bonds is 3. The summed E-state index contributed by atoms with van der Waals surface area (Å²) in [5, 5.41) is 13.8. The van der Waals surface area contributed by atoms with Gasteiger partial charge in [0.2, 0.25) is 0 Å².